The number of nitrogens with zero attached hydrogens (tertiary/aromatic N) is 6. The maximum Gasteiger partial charge on any atom is 0.189 e. The average Bonchev–Trinajstić information content (AvgIpc) is 1.55. The largest absolute Gasteiger partial charge is 0.507 e. The maximum atomic E-state index is 9.91. The highest BCUT2D eigenvalue weighted by Crippen LogP contribution is 3.12. The minimum absolute atomic E-state index is 0.138. The van der Waals surface area contributed by atoms with Gasteiger partial charge < -0.3 is 14.6 Å². The Labute approximate surface area is 757 Å². The highest BCUT2D eigenvalue weighted by Gasteiger charge is 2.23. The number of terminal acetylenes is 1. The molecule has 8 atom stereocenters. The SMILES string of the molecule is C#CC#CC#CC#CC#CC#CC#CC#CC#CC#CC#CC#CC#CC#CC#CC#CC#CC#CC#CC#CC#CC#CC#CC#CC#CC#CC#CC#CC#CC#CC#CC#CC#CC#CC#CC#CC.Cc1ncnc(C)c1-c1ccc(O)c2cnn(C)c12.Cn1ncc2c(OCOCc3ccccc3)ccc(Br)c21.PPP(P)P(P(P)P)P(P)P. The van der Waals surface area contributed by atoms with Gasteiger partial charge in [0.1, 0.15) is 17.8 Å². The predicted octanol–water partition coefficient (Wildman–Crippen LogP) is 13.0. The van der Waals surface area contributed by atoms with Crippen LogP contribution in [0.25, 0.3) is 32.9 Å². The Morgan fingerprint density at radius 1 is 0.395 bits per heavy atom. The van der Waals surface area contributed by atoms with Crippen LogP contribution in [0.3, 0.4) is 0 Å². The number of aryl methyl sites for hydroxylation is 4. The van der Waals surface area contributed by atoms with Crippen molar-refractivity contribution in [2.24, 2.45) is 14.1 Å². The Morgan fingerprint density at radius 3 is 0.968 bits per heavy atom. The van der Waals surface area contributed by atoms with Crippen LogP contribution in [-0.2, 0) is 25.4 Å². The number of fused-ring (bicyclic) bond motifs is 2. The number of aromatic hydroxyl groups is 1. The molecule has 9 nitrogen and oxygen atoms in total. The lowest BCUT2D eigenvalue weighted by atomic mass is 10.00. The summed E-state index contributed by atoms with van der Waals surface area (Å²) in [5.41, 5.74) is 6.85. The van der Waals surface area contributed by atoms with Crippen LogP contribution in [0.4, 0.5) is 0 Å². The third-order valence-corrected chi connectivity index (χ3v) is 71.5. The predicted molar refractivity (Wildman–Crippen MR) is 539 cm³/mol. The van der Waals surface area contributed by atoms with Crippen LogP contribution in [0.5, 0.6) is 11.5 Å². The highest BCUT2D eigenvalue weighted by atomic mass is 79.9. The molecule has 0 fully saturated rings. The minimum Gasteiger partial charge on any atom is -0.507 e. The fraction of sp³-hybridized carbons (Fsp3) is 0.0680. The van der Waals surface area contributed by atoms with Gasteiger partial charge >= 0.3 is 0 Å². The summed E-state index contributed by atoms with van der Waals surface area (Å²) in [6.45, 7) is 7.11. The van der Waals surface area contributed by atoms with Crippen molar-refractivity contribution in [3.8, 4) is 449 Å². The monoisotopic (exact) mass is 1830 g/mol. The summed E-state index contributed by atoms with van der Waals surface area (Å²) in [6.07, 6.45) is 9.98. The summed E-state index contributed by atoms with van der Waals surface area (Å²) < 4.78 is 15.8. The van der Waals surface area contributed by atoms with E-state index >= 15 is 0 Å². The van der Waals surface area contributed by atoms with Crippen molar-refractivity contribution in [1.29, 1.82) is 0 Å². The van der Waals surface area contributed by atoms with Gasteiger partial charge in [0, 0.05) is 361 Å². The average molecular weight is 1840 g/mol. The molecular weight excluding hydrogens is 1790 g/mol. The van der Waals surface area contributed by atoms with Crippen LogP contribution in [0.1, 0.15) is 23.9 Å². The van der Waals surface area contributed by atoms with Crippen molar-refractivity contribution in [3.63, 3.8) is 0 Å². The fourth-order valence-corrected chi connectivity index (χ4v) is 103. The minimum atomic E-state index is 0.138. The Bertz CT molecular complexity index is 7710. The van der Waals surface area contributed by atoms with Crippen molar-refractivity contribution in [2.75, 3.05) is 6.79 Å². The Kier molecular flexibility index (Phi) is 59.4. The Hall–Kier alpha value is -15.4. The molecule has 0 aliphatic carbocycles. The van der Waals surface area contributed by atoms with Crippen molar-refractivity contribution in [1.82, 2.24) is 29.5 Å². The Balaban J connectivity index is 0.000000606. The molecule has 3 aromatic carbocycles. The van der Waals surface area contributed by atoms with Gasteiger partial charge in [-0.3, -0.25) is 9.36 Å². The van der Waals surface area contributed by atoms with Crippen molar-refractivity contribution in [2.45, 2.75) is 27.4 Å². The lowest BCUT2D eigenvalue weighted by Crippen LogP contribution is -2.03. The van der Waals surface area contributed by atoms with E-state index in [1.807, 2.05) is 81.2 Å². The number of phenols is 1. The summed E-state index contributed by atoms with van der Waals surface area (Å²) in [7, 11) is 22.7. The number of ether oxygens (including phenoxy) is 2. The summed E-state index contributed by atoms with van der Waals surface area (Å²) in [5, 5.41) is 20.1. The molecule has 8 unspecified atom stereocenters. The van der Waals surface area contributed by atoms with Crippen molar-refractivity contribution < 1.29 is 14.6 Å². The standard InChI is InChI=1S/C73H4.C16H15BrN2O2.C14H14N4O.H13P11/c1-3-5-7-9-11-13-15-17-19-21-23-25-27-29-31-33-35-37-39-41-43-45-47-49-51-53-55-57-59-61-63-65-67-69-71-73-72-70-68-66-64-62-60-58-56-54-52-50-48-46-44-42-40-38-36-34-32-30-28-26-24-22-20-18-16-14-12-10-8-6-4-2;1-19-16-13(9-18-19)15(8-7-14(16)17)21-11-20-10-12-5-3-2-4-6-12;1-8-13(9(2)16-7-15-8)10-4-5-12(19)11-6-17-18(3)14(10)11;1-7-10(6)11(8(2)3)9(4)5/h1H,2H3;2-9H,10-11H2,1H3;4-7,19H,1-3H3;7H,1-6H2. The number of halogens is 1. The van der Waals surface area contributed by atoms with Gasteiger partial charge in [0.2, 0.25) is 0 Å². The van der Waals surface area contributed by atoms with Crippen molar-refractivity contribution in [3.05, 3.63) is 94.7 Å². The first-order valence-corrected chi connectivity index (χ1v) is 53.3. The molecule has 3 aromatic heterocycles. The van der Waals surface area contributed by atoms with E-state index in [-0.39, 0.29) is 40.5 Å². The lowest BCUT2D eigenvalue weighted by Gasteiger charge is -2.29. The molecule has 0 aliphatic heterocycles. The van der Waals surface area contributed by atoms with Gasteiger partial charge in [-0.25, -0.2) is 9.97 Å². The topological polar surface area (TPSA) is 100 Å². The first-order valence-electron chi connectivity index (χ1n) is 33.3. The quantitative estimate of drug-likeness (QED) is 0.0631. The van der Waals surface area contributed by atoms with Gasteiger partial charge in [-0.1, -0.05) is 44.2 Å². The van der Waals surface area contributed by atoms with E-state index in [0.717, 1.165) is 68.1 Å². The number of aromatic nitrogens is 6. The zero-order valence-corrected chi connectivity index (χ0v) is 78.6. The molecular formula is C103H46BrN6O3P11. The van der Waals surface area contributed by atoms with Gasteiger partial charge in [0.25, 0.3) is 0 Å². The summed E-state index contributed by atoms with van der Waals surface area (Å²) >= 11 is 3.53. The van der Waals surface area contributed by atoms with E-state index in [4.69, 9.17) is 15.9 Å². The molecule has 124 heavy (non-hydrogen) atoms. The molecule has 0 aliphatic rings. The molecule has 1 N–H and O–H groups in total. The molecule has 568 valence electrons. The van der Waals surface area contributed by atoms with E-state index in [2.05, 4.69) is 510 Å². The van der Waals surface area contributed by atoms with E-state index in [9.17, 15) is 5.11 Å². The number of rotatable bonds is 10. The molecule has 0 radical (unpaired) electrons. The Morgan fingerprint density at radius 2 is 0.685 bits per heavy atom. The molecule has 0 amide bonds. The lowest BCUT2D eigenvalue weighted by molar-refractivity contribution is 0.00588. The molecule has 6 aromatic rings. The molecule has 6 rings (SSSR count). The molecule has 0 spiro atoms. The number of hydrogen-bond acceptors (Lipinski definition) is 7. The van der Waals surface area contributed by atoms with Gasteiger partial charge in [0.05, 0.1) is 40.8 Å². The van der Waals surface area contributed by atoms with Crippen LogP contribution in [0, 0.1) is 441 Å². The van der Waals surface area contributed by atoms with Gasteiger partial charge in [-0.15, -0.1) is 60.0 Å². The van der Waals surface area contributed by atoms with Crippen LogP contribution in [-0.4, -0.2) is 41.4 Å². The second-order valence-electron chi connectivity index (χ2n) is 19.8. The van der Waals surface area contributed by atoms with Crippen LogP contribution in [0.15, 0.2) is 77.8 Å². The van der Waals surface area contributed by atoms with E-state index in [1.54, 1.807) is 36.4 Å². The van der Waals surface area contributed by atoms with Gasteiger partial charge in [-0.05, 0) is 189 Å². The number of benzene rings is 3. The summed E-state index contributed by atoms with van der Waals surface area (Å²) in [6, 6.07) is 17.5. The van der Waals surface area contributed by atoms with Crippen molar-refractivity contribution >= 4 is 127 Å². The zero-order valence-electron chi connectivity index (χ0n) is 65.5. The van der Waals surface area contributed by atoms with Crippen LogP contribution < -0.4 is 4.74 Å². The van der Waals surface area contributed by atoms with Gasteiger partial charge in [-0.2, -0.15) is 10.2 Å². The molecule has 21 heteroatoms. The summed E-state index contributed by atoms with van der Waals surface area (Å²) in [4.78, 5) is 8.51. The fourth-order valence-electron chi connectivity index (χ4n) is 7.23. The second kappa shape index (κ2) is 71.7. The van der Waals surface area contributed by atoms with Gasteiger partial charge in [0.15, 0.2) is 6.79 Å². The van der Waals surface area contributed by atoms with E-state index < -0.39 is 0 Å². The second-order valence-corrected chi connectivity index (χ2v) is 59.7. The zero-order chi connectivity index (χ0) is 89.4. The molecule has 0 saturated carbocycles. The third-order valence-electron chi connectivity index (χ3n) is 11.8. The molecule has 0 saturated heterocycles. The first-order chi connectivity index (χ1) is 60.8. The van der Waals surface area contributed by atoms with Crippen LogP contribution in [0.2, 0.25) is 0 Å². The highest BCUT2D eigenvalue weighted by molar-refractivity contribution is 9.18. The third kappa shape index (κ3) is 50.4. The number of phenolic OH excluding ortho intramolecular Hbond substituents is 1. The van der Waals surface area contributed by atoms with E-state index in [1.165, 1.54) is 0 Å². The van der Waals surface area contributed by atoms with Crippen LogP contribution >= 0.6 is 105 Å². The molecule has 0 bridgehead atoms. The van der Waals surface area contributed by atoms with E-state index in [0.29, 0.717) is 6.61 Å². The summed E-state index contributed by atoms with van der Waals surface area (Å²) in [5.74, 6) is 178. The first kappa shape index (κ1) is 103. The molecule has 3 heterocycles. The number of hydrogen-bond donors (Lipinski definition) is 1. The maximum absolute atomic E-state index is 9.91. The normalized spacial score (nSPS) is 7.31. The smallest absolute Gasteiger partial charge is 0.189 e.